The lowest BCUT2D eigenvalue weighted by Gasteiger charge is -2.23. The Kier molecular flexibility index (Phi) is 6.42. The Labute approximate surface area is 98.8 Å². The van der Waals surface area contributed by atoms with Gasteiger partial charge in [-0.1, -0.05) is 0 Å². The number of nitrogens with zero attached hydrogens (tertiary/aromatic N) is 1. The van der Waals surface area contributed by atoms with Crippen molar-refractivity contribution >= 4 is 5.91 Å². The lowest BCUT2D eigenvalue weighted by Crippen LogP contribution is -2.33. The third kappa shape index (κ3) is 4.94. The summed E-state index contributed by atoms with van der Waals surface area (Å²) in [6.45, 7) is 3.92. The molecule has 16 heavy (non-hydrogen) atoms. The lowest BCUT2D eigenvalue weighted by atomic mass is 9.93. The van der Waals surface area contributed by atoms with Gasteiger partial charge in [-0.3, -0.25) is 4.79 Å². The molecule has 0 aliphatic carbocycles. The van der Waals surface area contributed by atoms with E-state index in [0.717, 1.165) is 38.5 Å². The van der Waals surface area contributed by atoms with E-state index in [0.29, 0.717) is 6.42 Å². The first kappa shape index (κ1) is 13.5. The molecule has 0 atom stereocenters. The summed E-state index contributed by atoms with van der Waals surface area (Å²) in [5.41, 5.74) is 0. The van der Waals surface area contributed by atoms with Gasteiger partial charge in [-0.15, -0.1) is 0 Å². The van der Waals surface area contributed by atoms with E-state index < -0.39 is 0 Å². The highest BCUT2D eigenvalue weighted by molar-refractivity contribution is 5.75. The second kappa shape index (κ2) is 7.63. The van der Waals surface area contributed by atoms with Crippen LogP contribution in [0.4, 0.5) is 0 Å². The molecular formula is C12H25N3O. The molecule has 0 bridgehead atoms. The molecular weight excluding hydrogens is 202 g/mol. The summed E-state index contributed by atoms with van der Waals surface area (Å²) in [6.07, 6.45) is 4.23. The van der Waals surface area contributed by atoms with Gasteiger partial charge in [0.25, 0.3) is 0 Å². The minimum atomic E-state index is 0.286. The van der Waals surface area contributed by atoms with Crippen LogP contribution < -0.4 is 10.6 Å². The van der Waals surface area contributed by atoms with Crippen molar-refractivity contribution < 1.29 is 4.79 Å². The first-order valence-electron chi connectivity index (χ1n) is 6.33. The first-order chi connectivity index (χ1) is 7.74. The van der Waals surface area contributed by atoms with Gasteiger partial charge in [0.15, 0.2) is 0 Å². The highest BCUT2D eigenvalue weighted by Crippen LogP contribution is 2.17. The fourth-order valence-electron chi connectivity index (χ4n) is 2.09. The van der Waals surface area contributed by atoms with Gasteiger partial charge in [-0.05, 0) is 45.3 Å². The van der Waals surface area contributed by atoms with E-state index in [1.165, 1.54) is 12.8 Å². The predicted molar refractivity (Wildman–Crippen MR) is 66.4 cm³/mol. The van der Waals surface area contributed by atoms with E-state index in [-0.39, 0.29) is 5.91 Å². The number of hydrogen-bond donors (Lipinski definition) is 2. The van der Waals surface area contributed by atoms with Gasteiger partial charge in [0.2, 0.25) is 5.91 Å². The zero-order valence-electron chi connectivity index (χ0n) is 10.6. The van der Waals surface area contributed by atoms with Crippen LogP contribution in [0.2, 0.25) is 0 Å². The molecule has 0 saturated carbocycles. The van der Waals surface area contributed by atoms with Crippen LogP contribution in [0.15, 0.2) is 0 Å². The van der Waals surface area contributed by atoms with Crippen molar-refractivity contribution in [1.29, 1.82) is 0 Å². The third-order valence-corrected chi connectivity index (χ3v) is 3.35. The van der Waals surface area contributed by atoms with Gasteiger partial charge >= 0.3 is 0 Å². The zero-order chi connectivity index (χ0) is 11.8. The number of hydrogen-bond acceptors (Lipinski definition) is 3. The summed E-state index contributed by atoms with van der Waals surface area (Å²) in [7, 11) is 3.80. The molecule has 2 N–H and O–H groups in total. The number of amides is 1. The topological polar surface area (TPSA) is 44.4 Å². The molecule has 1 heterocycles. The Balaban J connectivity index is 2.12. The van der Waals surface area contributed by atoms with E-state index in [1.54, 1.807) is 0 Å². The van der Waals surface area contributed by atoms with Crippen molar-refractivity contribution in [3.63, 3.8) is 0 Å². The maximum absolute atomic E-state index is 11.8. The highest BCUT2D eigenvalue weighted by Gasteiger charge is 2.15. The van der Waals surface area contributed by atoms with Crippen molar-refractivity contribution in [2.45, 2.75) is 25.7 Å². The Morgan fingerprint density at radius 2 is 2.12 bits per heavy atom. The van der Waals surface area contributed by atoms with Crippen molar-refractivity contribution in [1.82, 2.24) is 15.5 Å². The maximum atomic E-state index is 11.8. The van der Waals surface area contributed by atoms with Crippen LogP contribution in [0.3, 0.4) is 0 Å². The minimum absolute atomic E-state index is 0.286. The normalized spacial score (nSPS) is 17.4. The molecule has 1 fully saturated rings. The molecule has 0 aromatic rings. The molecule has 1 aliphatic heterocycles. The van der Waals surface area contributed by atoms with Crippen LogP contribution in [0.5, 0.6) is 0 Å². The van der Waals surface area contributed by atoms with Crippen molar-refractivity contribution in [2.75, 3.05) is 40.3 Å². The minimum Gasteiger partial charge on any atom is -0.344 e. The monoisotopic (exact) mass is 227 g/mol. The van der Waals surface area contributed by atoms with Crippen LogP contribution in [-0.4, -0.2) is 51.1 Å². The molecule has 1 aliphatic rings. The molecule has 0 spiro atoms. The predicted octanol–water partition coefficient (Wildman–Crippen LogP) is 0.444. The number of nitrogens with one attached hydrogen (secondary N) is 2. The second-order valence-corrected chi connectivity index (χ2v) is 4.65. The molecule has 1 rings (SSSR count). The Morgan fingerprint density at radius 1 is 1.44 bits per heavy atom. The summed E-state index contributed by atoms with van der Waals surface area (Å²) in [5, 5.41) is 6.41. The third-order valence-electron chi connectivity index (χ3n) is 3.35. The van der Waals surface area contributed by atoms with Crippen molar-refractivity contribution in [2.24, 2.45) is 5.92 Å². The average molecular weight is 227 g/mol. The average Bonchev–Trinajstić information content (AvgIpc) is 2.34. The molecule has 1 saturated heterocycles. The molecule has 0 unspecified atom stereocenters. The fraction of sp³-hybridized carbons (Fsp3) is 0.917. The van der Waals surface area contributed by atoms with Crippen LogP contribution in [0.1, 0.15) is 25.7 Å². The largest absolute Gasteiger partial charge is 0.344 e. The Morgan fingerprint density at radius 3 is 2.75 bits per heavy atom. The molecule has 0 aromatic heterocycles. The number of rotatable bonds is 6. The Hall–Kier alpha value is -0.610. The first-order valence-corrected chi connectivity index (χ1v) is 6.33. The van der Waals surface area contributed by atoms with Crippen molar-refractivity contribution in [3.05, 3.63) is 0 Å². The number of likely N-dealkylation sites (N-methyl/N-ethyl adjacent to an activating group) is 2. The highest BCUT2D eigenvalue weighted by atomic mass is 16.2. The quantitative estimate of drug-likeness (QED) is 0.692. The summed E-state index contributed by atoms with van der Waals surface area (Å²) in [6, 6.07) is 0. The van der Waals surface area contributed by atoms with Crippen LogP contribution >= 0.6 is 0 Å². The van der Waals surface area contributed by atoms with E-state index in [9.17, 15) is 4.79 Å². The summed E-state index contributed by atoms with van der Waals surface area (Å²) in [5.74, 6) is 1.04. The van der Waals surface area contributed by atoms with E-state index in [1.807, 2.05) is 19.0 Å². The van der Waals surface area contributed by atoms with Crippen molar-refractivity contribution in [3.8, 4) is 0 Å². The van der Waals surface area contributed by atoms with Gasteiger partial charge in [-0.25, -0.2) is 0 Å². The summed E-state index contributed by atoms with van der Waals surface area (Å²) in [4.78, 5) is 13.6. The summed E-state index contributed by atoms with van der Waals surface area (Å²) < 4.78 is 0. The second-order valence-electron chi connectivity index (χ2n) is 4.65. The van der Waals surface area contributed by atoms with E-state index >= 15 is 0 Å². The smallest absolute Gasteiger partial charge is 0.222 e. The lowest BCUT2D eigenvalue weighted by molar-refractivity contribution is -0.130. The van der Waals surface area contributed by atoms with Gasteiger partial charge in [0.1, 0.15) is 0 Å². The van der Waals surface area contributed by atoms with Crippen LogP contribution in [0, 0.1) is 5.92 Å². The molecule has 1 amide bonds. The molecule has 4 nitrogen and oxygen atoms in total. The van der Waals surface area contributed by atoms with E-state index in [2.05, 4.69) is 10.6 Å². The zero-order valence-corrected chi connectivity index (χ0v) is 10.6. The molecule has 94 valence electrons. The molecule has 0 radical (unpaired) electrons. The van der Waals surface area contributed by atoms with Gasteiger partial charge in [-0.2, -0.15) is 0 Å². The molecule has 0 aromatic carbocycles. The Bertz CT molecular complexity index is 202. The SMILES string of the molecule is CNCCN(C)C(=O)CCC1CCNCC1. The molecule has 4 heteroatoms. The van der Waals surface area contributed by atoms with Gasteiger partial charge in [0, 0.05) is 26.6 Å². The number of piperidine rings is 1. The van der Waals surface area contributed by atoms with E-state index in [4.69, 9.17) is 0 Å². The standard InChI is InChI=1S/C12H25N3O/c1-13-9-10-15(2)12(16)4-3-11-5-7-14-8-6-11/h11,13-14H,3-10H2,1-2H3. The van der Waals surface area contributed by atoms with Crippen LogP contribution in [-0.2, 0) is 4.79 Å². The number of carbonyl (C=O) groups is 1. The van der Waals surface area contributed by atoms with Gasteiger partial charge < -0.3 is 15.5 Å². The van der Waals surface area contributed by atoms with Crippen LogP contribution in [0.25, 0.3) is 0 Å². The summed E-state index contributed by atoms with van der Waals surface area (Å²) >= 11 is 0. The fourth-order valence-corrected chi connectivity index (χ4v) is 2.09. The maximum Gasteiger partial charge on any atom is 0.222 e. The van der Waals surface area contributed by atoms with Gasteiger partial charge in [0.05, 0.1) is 0 Å². The number of carbonyl (C=O) groups excluding carboxylic acids is 1.